The van der Waals surface area contributed by atoms with Crippen molar-refractivity contribution in [1.82, 2.24) is 4.90 Å². The molecule has 2 unspecified atom stereocenters. The van der Waals surface area contributed by atoms with E-state index in [1.165, 1.54) is 12.8 Å². The van der Waals surface area contributed by atoms with Gasteiger partial charge in [0.15, 0.2) is 0 Å². The van der Waals surface area contributed by atoms with Crippen molar-refractivity contribution in [3.8, 4) is 6.07 Å². The molecule has 1 saturated carbocycles. The van der Waals surface area contributed by atoms with E-state index in [1.807, 2.05) is 0 Å². The quantitative estimate of drug-likeness (QED) is 0.774. The summed E-state index contributed by atoms with van der Waals surface area (Å²) in [6, 6.07) is 3.05. The zero-order valence-electron chi connectivity index (χ0n) is 10.2. The van der Waals surface area contributed by atoms with E-state index >= 15 is 0 Å². The Bertz CT molecular complexity index is 342. The zero-order valence-corrected chi connectivity index (χ0v) is 10.2. The van der Waals surface area contributed by atoms with Gasteiger partial charge in [0, 0.05) is 25.7 Å². The maximum atomic E-state index is 10.9. The number of rotatable bonds is 2. The topological polar surface area (TPSA) is 56.5 Å². The Balaban J connectivity index is 1.78. The number of nitriles is 1. The van der Waals surface area contributed by atoms with Crippen LogP contribution in [-0.4, -0.2) is 48.0 Å². The van der Waals surface area contributed by atoms with E-state index in [1.54, 1.807) is 0 Å². The highest BCUT2D eigenvalue weighted by Crippen LogP contribution is 2.46. The molecular formula is C13H20N2O2. The molecule has 3 aliphatic rings. The number of hydrogen-bond donors (Lipinski definition) is 1. The Morgan fingerprint density at radius 2 is 2.18 bits per heavy atom. The van der Waals surface area contributed by atoms with Crippen molar-refractivity contribution in [2.45, 2.75) is 43.7 Å². The van der Waals surface area contributed by atoms with Gasteiger partial charge in [-0.3, -0.25) is 4.90 Å². The summed E-state index contributed by atoms with van der Waals surface area (Å²) in [5.41, 5.74) is -1.53. The van der Waals surface area contributed by atoms with E-state index < -0.39 is 11.0 Å². The van der Waals surface area contributed by atoms with Crippen LogP contribution in [0.15, 0.2) is 0 Å². The summed E-state index contributed by atoms with van der Waals surface area (Å²) in [5.74, 6) is 0. The molecule has 4 nitrogen and oxygen atoms in total. The van der Waals surface area contributed by atoms with Crippen LogP contribution in [0.5, 0.6) is 0 Å². The van der Waals surface area contributed by atoms with Gasteiger partial charge in [0.2, 0.25) is 0 Å². The number of nitrogens with zero attached hydrogens (tertiary/aromatic N) is 2. The van der Waals surface area contributed by atoms with Crippen LogP contribution in [0.2, 0.25) is 0 Å². The lowest BCUT2D eigenvalue weighted by Crippen LogP contribution is -2.53. The predicted octanol–water partition coefficient (Wildman–Crippen LogP) is 0.906. The second-order valence-electron chi connectivity index (χ2n) is 5.83. The van der Waals surface area contributed by atoms with Gasteiger partial charge in [0.05, 0.1) is 18.3 Å². The predicted molar refractivity (Wildman–Crippen MR) is 62.3 cm³/mol. The first-order valence-electron chi connectivity index (χ1n) is 6.65. The first-order chi connectivity index (χ1) is 8.19. The molecule has 3 rings (SSSR count). The van der Waals surface area contributed by atoms with E-state index in [0.29, 0.717) is 19.2 Å². The highest BCUT2D eigenvalue weighted by atomic mass is 16.5. The third-order valence-electron chi connectivity index (χ3n) is 4.69. The molecule has 2 saturated heterocycles. The molecule has 94 valence electrons. The van der Waals surface area contributed by atoms with Crippen molar-refractivity contribution in [2.75, 3.05) is 26.3 Å². The van der Waals surface area contributed by atoms with Gasteiger partial charge in [0.25, 0.3) is 0 Å². The Labute approximate surface area is 102 Å². The molecule has 0 aromatic heterocycles. The average molecular weight is 236 g/mol. The summed E-state index contributed by atoms with van der Waals surface area (Å²) in [4.78, 5) is 2.35. The van der Waals surface area contributed by atoms with Gasteiger partial charge in [-0.25, -0.2) is 0 Å². The summed E-state index contributed by atoms with van der Waals surface area (Å²) in [5, 5.41) is 20.4. The number of ether oxygens (including phenoxy) is 1. The van der Waals surface area contributed by atoms with Crippen LogP contribution in [-0.2, 0) is 4.74 Å². The molecule has 0 bridgehead atoms. The Hall–Kier alpha value is -0.630. The highest BCUT2D eigenvalue weighted by Gasteiger charge is 2.56. The second kappa shape index (κ2) is 3.94. The van der Waals surface area contributed by atoms with Crippen LogP contribution in [0.4, 0.5) is 0 Å². The highest BCUT2D eigenvalue weighted by molar-refractivity contribution is 5.16. The Kier molecular flexibility index (Phi) is 2.66. The third-order valence-corrected chi connectivity index (χ3v) is 4.69. The summed E-state index contributed by atoms with van der Waals surface area (Å²) >= 11 is 0. The fourth-order valence-electron chi connectivity index (χ4n) is 3.32. The largest absolute Gasteiger partial charge is 0.387 e. The van der Waals surface area contributed by atoms with Crippen molar-refractivity contribution >= 4 is 0 Å². The Morgan fingerprint density at radius 3 is 2.76 bits per heavy atom. The first-order valence-corrected chi connectivity index (χ1v) is 6.65. The molecule has 3 fully saturated rings. The van der Waals surface area contributed by atoms with E-state index in [2.05, 4.69) is 11.0 Å². The molecule has 0 spiro atoms. The standard InChI is InChI=1S/C13H20N2O2/c14-8-12(4-1-7-17-10-12)13(16)5-6-15(9-13)11-2-3-11/h11,16H,1-7,9-10H2. The monoisotopic (exact) mass is 236 g/mol. The van der Waals surface area contributed by atoms with Crippen LogP contribution in [0, 0.1) is 16.7 Å². The molecule has 2 heterocycles. The first kappa shape index (κ1) is 11.5. The van der Waals surface area contributed by atoms with Crippen molar-refractivity contribution in [2.24, 2.45) is 5.41 Å². The smallest absolute Gasteiger partial charge is 0.111 e. The third kappa shape index (κ3) is 1.77. The number of aliphatic hydroxyl groups is 1. The lowest BCUT2D eigenvalue weighted by molar-refractivity contribution is -0.111. The van der Waals surface area contributed by atoms with Crippen molar-refractivity contribution in [3.63, 3.8) is 0 Å². The summed E-state index contributed by atoms with van der Waals surface area (Å²) in [6.45, 7) is 2.73. The van der Waals surface area contributed by atoms with Gasteiger partial charge in [0.1, 0.15) is 5.41 Å². The molecule has 17 heavy (non-hydrogen) atoms. The minimum absolute atomic E-state index is 0.401. The molecule has 0 aromatic rings. The van der Waals surface area contributed by atoms with Gasteiger partial charge >= 0.3 is 0 Å². The molecule has 0 amide bonds. The number of β-amino-alcohol motifs (C(OH)–C–C–N with tert-alkyl or cyclic N) is 1. The second-order valence-corrected chi connectivity index (χ2v) is 5.83. The van der Waals surface area contributed by atoms with Crippen LogP contribution >= 0.6 is 0 Å². The SMILES string of the molecule is N#CC1(C2(O)CCN(C3CC3)C2)CCCOC1. The van der Waals surface area contributed by atoms with Gasteiger partial charge in [-0.15, -0.1) is 0 Å². The van der Waals surface area contributed by atoms with Gasteiger partial charge < -0.3 is 9.84 Å². The lowest BCUT2D eigenvalue weighted by Gasteiger charge is -2.42. The fourth-order valence-corrected chi connectivity index (χ4v) is 3.32. The summed E-state index contributed by atoms with van der Waals surface area (Å²) < 4.78 is 5.46. The van der Waals surface area contributed by atoms with E-state index in [4.69, 9.17) is 4.74 Å². The van der Waals surface area contributed by atoms with E-state index in [-0.39, 0.29) is 0 Å². The van der Waals surface area contributed by atoms with E-state index in [0.717, 1.165) is 32.4 Å². The Morgan fingerprint density at radius 1 is 1.35 bits per heavy atom. The minimum atomic E-state index is -0.856. The van der Waals surface area contributed by atoms with Crippen LogP contribution < -0.4 is 0 Å². The molecule has 2 aliphatic heterocycles. The maximum absolute atomic E-state index is 10.9. The summed E-state index contributed by atoms with van der Waals surface area (Å²) in [7, 11) is 0. The normalized spacial score (nSPS) is 43.5. The fraction of sp³-hybridized carbons (Fsp3) is 0.923. The van der Waals surface area contributed by atoms with Crippen molar-refractivity contribution in [3.05, 3.63) is 0 Å². The average Bonchev–Trinajstić information content (AvgIpc) is 3.14. The molecule has 0 aromatic carbocycles. The maximum Gasteiger partial charge on any atom is 0.111 e. The molecule has 0 radical (unpaired) electrons. The lowest BCUT2D eigenvalue weighted by atomic mass is 9.69. The molecule has 1 N–H and O–H groups in total. The molecule has 2 atom stereocenters. The number of hydrogen-bond acceptors (Lipinski definition) is 4. The van der Waals surface area contributed by atoms with Crippen LogP contribution in [0.1, 0.15) is 32.1 Å². The van der Waals surface area contributed by atoms with E-state index in [9.17, 15) is 10.4 Å². The molecular weight excluding hydrogens is 216 g/mol. The van der Waals surface area contributed by atoms with Gasteiger partial charge in [-0.1, -0.05) is 0 Å². The van der Waals surface area contributed by atoms with Crippen molar-refractivity contribution < 1.29 is 9.84 Å². The van der Waals surface area contributed by atoms with Gasteiger partial charge in [-0.2, -0.15) is 5.26 Å². The van der Waals surface area contributed by atoms with Crippen LogP contribution in [0.25, 0.3) is 0 Å². The van der Waals surface area contributed by atoms with Crippen molar-refractivity contribution in [1.29, 1.82) is 5.26 Å². The summed E-state index contributed by atoms with van der Waals surface area (Å²) in [6.07, 6.45) is 4.90. The zero-order chi connectivity index (χ0) is 11.9. The van der Waals surface area contributed by atoms with Gasteiger partial charge in [-0.05, 0) is 32.1 Å². The molecule has 1 aliphatic carbocycles. The molecule has 4 heteroatoms. The number of likely N-dealkylation sites (tertiary alicyclic amines) is 1. The van der Waals surface area contributed by atoms with Crippen LogP contribution in [0.3, 0.4) is 0 Å². The minimum Gasteiger partial charge on any atom is -0.387 e.